The first kappa shape index (κ1) is 16.6. The highest BCUT2D eigenvalue weighted by Gasteiger charge is 2.20. The van der Waals surface area contributed by atoms with Gasteiger partial charge in [0, 0.05) is 12.3 Å². The Morgan fingerprint density at radius 3 is 2.39 bits per heavy atom. The number of carbonyl (C=O) groups excluding carboxylic acids is 1. The Balaban J connectivity index is 2.42. The van der Waals surface area contributed by atoms with Crippen LogP contribution >= 0.6 is 0 Å². The SMILES string of the molecule is Cc1c(NC(=O)c2ccccc2S(C)(=O)=O)cccc1[N+](=O)[O-]. The average Bonchev–Trinajstić information content (AvgIpc) is 2.48. The molecule has 2 aromatic carbocycles. The highest BCUT2D eigenvalue weighted by molar-refractivity contribution is 7.90. The van der Waals surface area contributed by atoms with Crippen LogP contribution in [0.25, 0.3) is 0 Å². The fourth-order valence-corrected chi connectivity index (χ4v) is 3.01. The van der Waals surface area contributed by atoms with E-state index in [9.17, 15) is 23.3 Å². The second-order valence-corrected chi connectivity index (χ2v) is 6.91. The number of amides is 1. The van der Waals surface area contributed by atoms with Crippen LogP contribution in [-0.4, -0.2) is 25.5 Å². The molecule has 0 saturated heterocycles. The third kappa shape index (κ3) is 3.54. The normalized spacial score (nSPS) is 11.0. The number of nitro groups is 1. The molecule has 0 radical (unpaired) electrons. The molecule has 0 spiro atoms. The summed E-state index contributed by atoms with van der Waals surface area (Å²) in [5, 5.41) is 13.5. The Labute approximate surface area is 133 Å². The first-order chi connectivity index (χ1) is 10.7. The van der Waals surface area contributed by atoms with E-state index in [4.69, 9.17) is 0 Å². The molecule has 0 atom stereocenters. The van der Waals surface area contributed by atoms with E-state index in [0.29, 0.717) is 5.56 Å². The summed E-state index contributed by atoms with van der Waals surface area (Å²) in [5.74, 6) is -0.644. The van der Waals surface area contributed by atoms with E-state index in [1.807, 2.05) is 0 Å². The lowest BCUT2D eigenvalue weighted by atomic mass is 10.1. The Morgan fingerprint density at radius 2 is 1.78 bits per heavy atom. The number of carbonyl (C=O) groups is 1. The van der Waals surface area contributed by atoms with Gasteiger partial charge in [0.25, 0.3) is 11.6 Å². The van der Waals surface area contributed by atoms with Gasteiger partial charge in [0.15, 0.2) is 9.84 Å². The molecule has 0 unspecified atom stereocenters. The van der Waals surface area contributed by atoms with Crippen molar-refractivity contribution in [2.45, 2.75) is 11.8 Å². The van der Waals surface area contributed by atoms with Crippen molar-refractivity contribution >= 4 is 27.1 Å². The van der Waals surface area contributed by atoms with Crippen molar-refractivity contribution in [1.82, 2.24) is 0 Å². The van der Waals surface area contributed by atoms with Crippen LogP contribution in [0.15, 0.2) is 47.4 Å². The molecule has 0 saturated carbocycles. The van der Waals surface area contributed by atoms with Gasteiger partial charge in [-0.15, -0.1) is 0 Å². The largest absolute Gasteiger partial charge is 0.321 e. The second kappa shape index (κ2) is 6.17. The summed E-state index contributed by atoms with van der Waals surface area (Å²) in [4.78, 5) is 22.7. The molecule has 0 bridgehead atoms. The van der Waals surface area contributed by atoms with Gasteiger partial charge in [0.1, 0.15) is 0 Å². The number of nitro benzene ring substituents is 1. The fraction of sp³-hybridized carbons (Fsp3) is 0.133. The molecular formula is C15H14N2O5S. The smallest absolute Gasteiger partial charge is 0.274 e. The van der Waals surface area contributed by atoms with Gasteiger partial charge in [-0.1, -0.05) is 18.2 Å². The van der Waals surface area contributed by atoms with Crippen LogP contribution in [0.3, 0.4) is 0 Å². The average molecular weight is 334 g/mol. The molecule has 23 heavy (non-hydrogen) atoms. The number of hydrogen-bond donors (Lipinski definition) is 1. The van der Waals surface area contributed by atoms with E-state index in [1.165, 1.54) is 43.3 Å². The second-order valence-electron chi connectivity index (χ2n) is 4.93. The van der Waals surface area contributed by atoms with E-state index in [2.05, 4.69) is 5.32 Å². The van der Waals surface area contributed by atoms with Gasteiger partial charge in [-0.2, -0.15) is 0 Å². The van der Waals surface area contributed by atoms with E-state index < -0.39 is 20.7 Å². The Hall–Kier alpha value is -2.74. The van der Waals surface area contributed by atoms with Crippen LogP contribution in [0.2, 0.25) is 0 Å². The summed E-state index contributed by atoms with van der Waals surface area (Å²) in [6.07, 6.45) is 1.01. The Morgan fingerprint density at radius 1 is 1.13 bits per heavy atom. The molecule has 0 aliphatic heterocycles. The van der Waals surface area contributed by atoms with Gasteiger partial charge in [-0.3, -0.25) is 14.9 Å². The van der Waals surface area contributed by atoms with Crippen molar-refractivity contribution in [1.29, 1.82) is 0 Å². The lowest BCUT2D eigenvalue weighted by Gasteiger charge is -2.11. The highest BCUT2D eigenvalue weighted by Crippen LogP contribution is 2.26. The molecule has 0 aromatic heterocycles. The van der Waals surface area contributed by atoms with Crippen molar-refractivity contribution in [3.63, 3.8) is 0 Å². The molecule has 0 aliphatic carbocycles. The third-order valence-electron chi connectivity index (χ3n) is 3.28. The van der Waals surface area contributed by atoms with Crippen molar-refractivity contribution in [2.75, 3.05) is 11.6 Å². The molecule has 0 fully saturated rings. The molecule has 1 amide bonds. The first-order valence-electron chi connectivity index (χ1n) is 6.56. The number of anilines is 1. The third-order valence-corrected chi connectivity index (χ3v) is 4.44. The number of hydrogen-bond acceptors (Lipinski definition) is 5. The van der Waals surface area contributed by atoms with Crippen LogP contribution in [0.1, 0.15) is 15.9 Å². The molecule has 2 aromatic rings. The zero-order valence-electron chi connectivity index (χ0n) is 12.4. The lowest BCUT2D eigenvalue weighted by Crippen LogP contribution is -2.16. The van der Waals surface area contributed by atoms with Crippen LogP contribution in [0, 0.1) is 17.0 Å². The molecule has 7 nitrogen and oxygen atoms in total. The fourth-order valence-electron chi connectivity index (χ4n) is 2.12. The zero-order valence-corrected chi connectivity index (χ0v) is 13.3. The van der Waals surface area contributed by atoms with Crippen LogP contribution < -0.4 is 5.32 Å². The van der Waals surface area contributed by atoms with Crippen molar-refractivity contribution < 1.29 is 18.1 Å². The van der Waals surface area contributed by atoms with Crippen molar-refractivity contribution in [3.8, 4) is 0 Å². The summed E-state index contributed by atoms with van der Waals surface area (Å²) in [6.45, 7) is 1.51. The maximum absolute atomic E-state index is 12.4. The maximum Gasteiger partial charge on any atom is 0.274 e. The predicted molar refractivity (Wildman–Crippen MR) is 85.3 cm³/mol. The number of benzene rings is 2. The summed E-state index contributed by atoms with van der Waals surface area (Å²) in [6, 6.07) is 10.1. The maximum atomic E-state index is 12.4. The standard InChI is InChI=1S/C15H14N2O5S/c1-10-12(7-5-8-13(10)17(19)20)16-15(18)11-6-3-4-9-14(11)23(2,21)22/h3-9H,1-2H3,(H,16,18). The van der Waals surface area contributed by atoms with Crippen LogP contribution in [0.4, 0.5) is 11.4 Å². The number of rotatable bonds is 4. The molecular weight excluding hydrogens is 320 g/mol. The van der Waals surface area contributed by atoms with Gasteiger partial charge in [0.2, 0.25) is 0 Å². The van der Waals surface area contributed by atoms with Gasteiger partial charge < -0.3 is 5.32 Å². The summed E-state index contributed by atoms with van der Waals surface area (Å²) < 4.78 is 23.5. The van der Waals surface area contributed by atoms with E-state index in [1.54, 1.807) is 6.07 Å². The zero-order chi connectivity index (χ0) is 17.2. The number of nitrogens with one attached hydrogen (secondary N) is 1. The molecule has 0 aliphatic rings. The summed E-state index contributed by atoms with van der Waals surface area (Å²) in [7, 11) is -3.57. The lowest BCUT2D eigenvalue weighted by molar-refractivity contribution is -0.385. The van der Waals surface area contributed by atoms with Crippen LogP contribution in [-0.2, 0) is 9.84 Å². The van der Waals surface area contributed by atoms with Gasteiger partial charge >= 0.3 is 0 Å². The summed E-state index contributed by atoms with van der Waals surface area (Å²) >= 11 is 0. The van der Waals surface area contributed by atoms with E-state index >= 15 is 0 Å². The van der Waals surface area contributed by atoms with E-state index in [0.717, 1.165) is 6.26 Å². The van der Waals surface area contributed by atoms with Crippen molar-refractivity contribution in [3.05, 3.63) is 63.7 Å². The Bertz CT molecular complexity index is 890. The van der Waals surface area contributed by atoms with E-state index in [-0.39, 0.29) is 21.8 Å². The molecule has 0 heterocycles. The molecule has 8 heteroatoms. The minimum atomic E-state index is -3.57. The number of sulfone groups is 1. The minimum Gasteiger partial charge on any atom is -0.321 e. The molecule has 1 N–H and O–H groups in total. The predicted octanol–water partition coefficient (Wildman–Crippen LogP) is 2.56. The van der Waals surface area contributed by atoms with Crippen molar-refractivity contribution in [2.24, 2.45) is 0 Å². The Kier molecular flexibility index (Phi) is 4.46. The summed E-state index contributed by atoms with van der Waals surface area (Å²) in [5.41, 5.74) is 0.412. The monoisotopic (exact) mass is 334 g/mol. The van der Waals surface area contributed by atoms with Crippen LogP contribution in [0.5, 0.6) is 0 Å². The highest BCUT2D eigenvalue weighted by atomic mass is 32.2. The quantitative estimate of drug-likeness (QED) is 0.683. The minimum absolute atomic E-state index is 0.0130. The molecule has 120 valence electrons. The number of nitrogens with zero attached hydrogens (tertiary/aromatic N) is 1. The topological polar surface area (TPSA) is 106 Å². The first-order valence-corrected chi connectivity index (χ1v) is 8.45. The van der Waals surface area contributed by atoms with Gasteiger partial charge in [0.05, 0.1) is 26.6 Å². The van der Waals surface area contributed by atoms with Gasteiger partial charge in [-0.25, -0.2) is 8.42 Å². The van der Waals surface area contributed by atoms with Gasteiger partial charge in [-0.05, 0) is 25.1 Å². The molecule has 2 rings (SSSR count).